The number of hydrogen-bond acceptors (Lipinski definition) is 8. The molecule has 2 aromatic rings. The summed E-state index contributed by atoms with van der Waals surface area (Å²) in [4.78, 5) is 48.5. The zero-order valence-corrected chi connectivity index (χ0v) is 20.5. The Labute approximate surface area is 208 Å². The number of phenols is 1. The first-order chi connectivity index (χ1) is 17.0. The Balaban J connectivity index is 2.28. The van der Waals surface area contributed by atoms with Crippen LogP contribution in [0.3, 0.4) is 0 Å². The van der Waals surface area contributed by atoms with Crippen molar-refractivity contribution in [1.29, 1.82) is 0 Å². The predicted octanol–water partition coefficient (Wildman–Crippen LogP) is 3.17. The molecule has 2 rings (SSSR count). The molecule has 2 amide bonds. The number of nitrogens with zero attached hydrogens (tertiary/aromatic N) is 2. The summed E-state index contributed by atoms with van der Waals surface area (Å²) < 4.78 is 10.5. The zero-order chi connectivity index (χ0) is 26.8. The fourth-order valence-corrected chi connectivity index (χ4v) is 3.61. The Morgan fingerprint density at radius 1 is 1.11 bits per heavy atom. The molecule has 3 N–H and O–H groups in total. The highest BCUT2D eigenvalue weighted by Crippen LogP contribution is 2.28. The molecular weight excluding hydrogens is 470 g/mol. The van der Waals surface area contributed by atoms with Gasteiger partial charge in [-0.15, -0.1) is 0 Å². The monoisotopic (exact) mass is 501 g/mol. The highest BCUT2D eigenvalue weighted by Gasteiger charge is 2.34. The highest BCUT2D eigenvalue weighted by molar-refractivity contribution is 5.97. The summed E-state index contributed by atoms with van der Waals surface area (Å²) in [5, 5.41) is 21.6. The molecule has 0 heterocycles. The molecule has 0 spiro atoms. The van der Waals surface area contributed by atoms with Gasteiger partial charge in [-0.05, 0) is 43.0 Å². The number of benzene rings is 2. The lowest BCUT2D eigenvalue weighted by atomic mass is 10.00. The molecule has 11 heteroatoms. The average molecular weight is 502 g/mol. The van der Waals surface area contributed by atoms with E-state index < -0.39 is 22.8 Å². The molecule has 1 atom stereocenters. The van der Waals surface area contributed by atoms with Crippen molar-refractivity contribution in [1.82, 2.24) is 4.90 Å². The van der Waals surface area contributed by atoms with E-state index in [9.17, 15) is 29.6 Å². The van der Waals surface area contributed by atoms with Crippen molar-refractivity contribution in [2.45, 2.75) is 45.7 Å². The fraction of sp³-hybridized carbons (Fsp3) is 0.400. The van der Waals surface area contributed by atoms with Gasteiger partial charge in [0.2, 0.25) is 5.91 Å². The Hall–Kier alpha value is -4.15. The fourth-order valence-electron chi connectivity index (χ4n) is 3.61. The van der Waals surface area contributed by atoms with E-state index in [4.69, 9.17) is 15.2 Å². The quantitative estimate of drug-likeness (QED) is 0.183. The van der Waals surface area contributed by atoms with Gasteiger partial charge in [0, 0.05) is 35.7 Å². The number of nitrogens with two attached hydrogens (primary N) is 1. The number of amides is 2. The van der Waals surface area contributed by atoms with Crippen LogP contribution in [0, 0.1) is 16.0 Å². The molecule has 2 aromatic carbocycles. The number of non-ortho nitro benzene ring substituents is 1. The van der Waals surface area contributed by atoms with Crippen LogP contribution in [-0.4, -0.2) is 52.5 Å². The Morgan fingerprint density at radius 2 is 1.78 bits per heavy atom. The minimum absolute atomic E-state index is 0.126. The van der Waals surface area contributed by atoms with Crippen LogP contribution < -0.4 is 10.5 Å². The number of ether oxygens (including phenoxy) is 2. The largest absolute Gasteiger partial charge is 0.507 e. The second kappa shape index (κ2) is 13.1. The van der Waals surface area contributed by atoms with Gasteiger partial charge in [-0.3, -0.25) is 19.7 Å². The number of esters is 1. The second-order valence-electron chi connectivity index (χ2n) is 8.51. The first-order valence-electron chi connectivity index (χ1n) is 11.4. The van der Waals surface area contributed by atoms with E-state index in [2.05, 4.69) is 0 Å². The summed E-state index contributed by atoms with van der Waals surface area (Å²) in [5.41, 5.74) is 5.44. The van der Waals surface area contributed by atoms with Gasteiger partial charge in [0.25, 0.3) is 11.6 Å². The van der Waals surface area contributed by atoms with Crippen LogP contribution in [0.2, 0.25) is 0 Å². The zero-order valence-electron chi connectivity index (χ0n) is 20.5. The maximum absolute atomic E-state index is 13.4. The number of hydrogen-bond donors (Lipinski definition) is 2. The molecule has 0 saturated carbocycles. The summed E-state index contributed by atoms with van der Waals surface area (Å²) >= 11 is 0. The third kappa shape index (κ3) is 7.69. The molecule has 0 unspecified atom stereocenters. The van der Waals surface area contributed by atoms with Crippen LogP contribution in [0.15, 0.2) is 42.5 Å². The number of unbranched alkanes of at least 4 members (excludes halogenated alkanes) is 1. The molecule has 0 aliphatic carbocycles. The second-order valence-corrected chi connectivity index (χ2v) is 8.51. The summed E-state index contributed by atoms with van der Waals surface area (Å²) in [6, 6.07) is 8.69. The molecule has 36 heavy (non-hydrogen) atoms. The number of carbonyl (C=O) groups is 3. The lowest BCUT2D eigenvalue weighted by molar-refractivity contribution is -0.384. The van der Waals surface area contributed by atoms with Gasteiger partial charge >= 0.3 is 5.97 Å². The van der Waals surface area contributed by atoms with Crippen LogP contribution in [0.25, 0.3) is 0 Å². The lowest BCUT2D eigenvalue weighted by Crippen LogP contribution is -2.48. The molecule has 11 nitrogen and oxygen atoms in total. The summed E-state index contributed by atoms with van der Waals surface area (Å²) in [7, 11) is 1.22. The number of nitro benzene ring substituents is 1. The van der Waals surface area contributed by atoms with Gasteiger partial charge in [-0.1, -0.05) is 13.8 Å². The standard InChI is InChI=1S/C25H31N3O8/c1-16(2)23(25(32)35-3)27(24(31)17-7-10-19(11-8-17)28(33)34)15-18-9-12-20(14-21(18)29)36-13-5-4-6-22(26)30/h7-12,14,16,23,29H,4-6,13,15H2,1-3H3,(H2,26,30)/t23-/m0/s1. The van der Waals surface area contributed by atoms with Gasteiger partial charge < -0.3 is 25.2 Å². The van der Waals surface area contributed by atoms with Crippen LogP contribution >= 0.6 is 0 Å². The number of aromatic hydroxyl groups is 1. The Bertz CT molecular complexity index is 1090. The van der Waals surface area contributed by atoms with Crippen molar-refractivity contribution >= 4 is 23.5 Å². The van der Waals surface area contributed by atoms with E-state index in [1.54, 1.807) is 26.0 Å². The normalized spacial score (nSPS) is 11.6. The van der Waals surface area contributed by atoms with Gasteiger partial charge in [0.1, 0.15) is 17.5 Å². The molecule has 0 saturated heterocycles. The Kier molecular flexibility index (Phi) is 10.2. The number of primary amides is 1. The van der Waals surface area contributed by atoms with E-state index in [-0.39, 0.29) is 41.8 Å². The van der Waals surface area contributed by atoms with Crippen molar-refractivity contribution in [3.63, 3.8) is 0 Å². The molecule has 0 aliphatic heterocycles. The van der Waals surface area contributed by atoms with Crippen LogP contribution in [0.4, 0.5) is 5.69 Å². The maximum atomic E-state index is 13.4. The molecule has 0 bridgehead atoms. The lowest BCUT2D eigenvalue weighted by Gasteiger charge is -2.33. The van der Waals surface area contributed by atoms with Crippen LogP contribution in [-0.2, 0) is 20.9 Å². The number of rotatable bonds is 13. The topological polar surface area (TPSA) is 162 Å². The van der Waals surface area contributed by atoms with E-state index in [1.165, 1.54) is 42.3 Å². The van der Waals surface area contributed by atoms with E-state index in [0.29, 0.717) is 30.8 Å². The van der Waals surface area contributed by atoms with Crippen molar-refractivity contribution in [3.8, 4) is 11.5 Å². The highest BCUT2D eigenvalue weighted by atomic mass is 16.6. The molecule has 0 fully saturated rings. The minimum Gasteiger partial charge on any atom is -0.507 e. The van der Waals surface area contributed by atoms with Crippen molar-refractivity contribution < 1.29 is 33.9 Å². The molecule has 194 valence electrons. The number of phenolic OH excluding ortho intramolecular Hbond substituents is 1. The molecule has 0 aromatic heterocycles. The number of methoxy groups -OCH3 is 1. The SMILES string of the molecule is COC(=O)[C@H](C(C)C)N(Cc1ccc(OCCCCC(N)=O)cc1O)C(=O)c1ccc([N+](=O)[O-])cc1. The molecule has 0 aliphatic rings. The first-order valence-corrected chi connectivity index (χ1v) is 11.4. The molecular formula is C25H31N3O8. The van der Waals surface area contributed by atoms with Gasteiger partial charge in [0.15, 0.2) is 0 Å². The first kappa shape index (κ1) is 28.1. The third-order valence-corrected chi connectivity index (χ3v) is 5.48. The number of nitro groups is 1. The van der Waals surface area contributed by atoms with Gasteiger partial charge in [-0.2, -0.15) is 0 Å². The average Bonchev–Trinajstić information content (AvgIpc) is 2.83. The summed E-state index contributed by atoms with van der Waals surface area (Å²) in [5.74, 6) is -1.63. The third-order valence-electron chi connectivity index (χ3n) is 5.48. The van der Waals surface area contributed by atoms with E-state index in [1.807, 2.05) is 0 Å². The van der Waals surface area contributed by atoms with E-state index in [0.717, 1.165) is 0 Å². The smallest absolute Gasteiger partial charge is 0.328 e. The maximum Gasteiger partial charge on any atom is 0.328 e. The predicted molar refractivity (Wildman–Crippen MR) is 130 cm³/mol. The number of carbonyl (C=O) groups excluding carboxylic acids is 3. The van der Waals surface area contributed by atoms with Crippen LogP contribution in [0.5, 0.6) is 11.5 Å². The van der Waals surface area contributed by atoms with Crippen molar-refractivity contribution in [2.75, 3.05) is 13.7 Å². The van der Waals surface area contributed by atoms with Crippen LogP contribution in [0.1, 0.15) is 49.0 Å². The minimum atomic E-state index is -0.974. The Morgan fingerprint density at radius 3 is 2.31 bits per heavy atom. The summed E-state index contributed by atoms with van der Waals surface area (Å²) in [6.45, 7) is 3.71. The van der Waals surface area contributed by atoms with E-state index >= 15 is 0 Å². The van der Waals surface area contributed by atoms with Gasteiger partial charge in [0.05, 0.1) is 25.2 Å². The van der Waals surface area contributed by atoms with Gasteiger partial charge in [-0.25, -0.2) is 4.79 Å². The van der Waals surface area contributed by atoms with Crippen molar-refractivity contribution in [3.05, 3.63) is 63.7 Å². The van der Waals surface area contributed by atoms with Crippen molar-refractivity contribution in [2.24, 2.45) is 11.7 Å². The molecule has 0 radical (unpaired) electrons. The summed E-state index contributed by atoms with van der Waals surface area (Å²) in [6.07, 6.45) is 1.46.